The van der Waals surface area contributed by atoms with E-state index >= 15 is 0 Å². The second kappa shape index (κ2) is 22.0. The number of aryl methyl sites for hydroxylation is 2. The van der Waals surface area contributed by atoms with E-state index in [9.17, 15) is 18.8 Å². The molecule has 1 aliphatic carbocycles. The van der Waals surface area contributed by atoms with Crippen molar-refractivity contribution < 1.29 is 47.2 Å². The maximum atomic E-state index is 13.8. The van der Waals surface area contributed by atoms with Gasteiger partial charge in [-0.15, -0.1) is 6.42 Å². The first kappa shape index (κ1) is 45.3. The number of carbonyl (C=O) groups excluding carboxylic acids is 3. The predicted molar refractivity (Wildman–Crippen MR) is 246 cm³/mol. The minimum absolute atomic E-state index is 0.0607. The first-order chi connectivity index (χ1) is 31.7. The van der Waals surface area contributed by atoms with Crippen LogP contribution in [0.3, 0.4) is 0 Å². The summed E-state index contributed by atoms with van der Waals surface area (Å²) in [7, 11) is 1.65. The normalized spacial score (nSPS) is 11.6. The Labute approximate surface area is 377 Å². The molecule has 0 aromatic heterocycles. The Hall–Kier alpha value is -7.75. The van der Waals surface area contributed by atoms with Gasteiger partial charge in [0.05, 0.1) is 44.8 Å². The van der Waals surface area contributed by atoms with Gasteiger partial charge in [-0.25, -0.2) is 14.4 Å². The van der Waals surface area contributed by atoms with Crippen molar-refractivity contribution in [1.82, 2.24) is 5.01 Å². The molecule has 7 rings (SSSR count). The van der Waals surface area contributed by atoms with Crippen LogP contribution in [-0.2, 0) is 36.6 Å². The lowest BCUT2D eigenvalue weighted by atomic mass is 9.98. The summed E-state index contributed by atoms with van der Waals surface area (Å²) in [6, 6.07) is 40.8. The van der Waals surface area contributed by atoms with E-state index in [1.165, 1.54) is 5.56 Å². The number of benzene rings is 6. The van der Waals surface area contributed by atoms with Crippen molar-refractivity contribution in [2.45, 2.75) is 25.3 Å². The molecule has 330 valence electrons. The number of rotatable bonds is 21. The lowest BCUT2D eigenvalue weighted by Gasteiger charge is -2.28. The van der Waals surface area contributed by atoms with Crippen molar-refractivity contribution in [3.8, 4) is 40.7 Å². The second-order valence-corrected chi connectivity index (χ2v) is 14.9. The standard InChI is InChI=1S/C53H47FN2O9/c1-4-50(57)63-29-9-28-56(51-46-12-7-5-10-44(46)45-11-6-8-13-47(45)51)55-35-48-43-26-18-38(15-14-37-16-22-41(60-3)23-17-37)34-40(43)21-27-49(48)65-53(59)39-19-24-42(25-20-39)62-32-30-61-31-33-64-52(58)36(2)54/h1,5-8,10-13,16-27,34-35,51H,2,9,14-15,28-33H2,3H3/b55-35+. The lowest BCUT2D eigenvalue weighted by molar-refractivity contribution is -0.142. The summed E-state index contributed by atoms with van der Waals surface area (Å²) in [5.74, 6) is 0.00975. The molecule has 6 aromatic rings. The Bertz CT molecular complexity index is 2680. The minimum Gasteiger partial charge on any atom is -0.497 e. The highest BCUT2D eigenvalue weighted by Crippen LogP contribution is 2.46. The van der Waals surface area contributed by atoms with Gasteiger partial charge in [0.1, 0.15) is 30.5 Å². The maximum Gasteiger partial charge on any atom is 0.384 e. The van der Waals surface area contributed by atoms with Crippen LogP contribution in [0, 0.1) is 12.3 Å². The topological polar surface area (TPSA) is 122 Å². The molecule has 0 fully saturated rings. The van der Waals surface area contributed by atoms with Gasteiger partial charge in [0.25, 0.3) is 0 Å². The molecule has 0 aliphatic heterocycles. The van der Waals surface area contributed by atoms with Gasteiger partial charge in [-0.2, -0.15) is 9.49 Å². The monoisotopic (exact) mass is 874 g/mol. The van der Waals surface area contributed by atoms with Crippen LogP contribution in [0.2, 0.25) is 0 Å². The molecule has 0 heterocycles. The Morgan fingerprint density at radius 2 is 1.43 bits per heavy atom. The van der Waals surface area contributed by atoms with E-state index in [0.717, 1.165) is 57.2 Å². The van der Waals surface area contributed by atoms with E-state index in [1.807, 2.05) is 59.5 Å². The van der Waals surface area contributed by atoms with E-state index < -0.39 is 23.7 Å². The number of ether oxygens (including phenoxy) is 6. The Morgan fingerprint density at radius 3 is 2.12 bits per heavy atom. The number of carbonyl (C=O) groups is 3. The van der Waals surface area contributed by atoms with Crippen LogP contribution >= 0.6 is 0 Å². The van der Waals surface area contributed by atoms with Gasteiger partial charge in [-0.3, -0.25) is 5.01 Å². The molecular weight excluding hydrogens is 828 g/mol. The number of esters is 3. The average Bonchev–Trinajstić information content (AvgIpc) is 3.67. The van der Waals surface area contributed by atoms with Crippen molar-refractivity contribution in [2.75, 3.05) is 46.7 Å². The summed E-state index contributed by atoms with van der Waals surface area (Å²) in [6.07, 6.45) is 9.08. The van der Waals surface area contributed by atoms with Gasteiger partial charge in [0, 0.05) is 24.4 Å². The van der Waals surface area contributed by atoms with E-state index in [1.54, 1.807) is 43.7 Å². The predicted octanol–water partition coefficient (Wildman–Crippen LogP) is 9.25. The van der Waals surface area contributed by atoms with Gasteiger partial charge in [0.15, 0.2) is 0 Å². The van der Waals surface area contributed by atoms with E-state index in [2.05, 4.69) is 59.8 Å². The first-order valence-electron chi connectivity index (χ1n) is 21.1. The number of hydrazone groups is 1. The minimum atomic E-state index is -1.17. The molecule has 0 saturated heterocycles. The first-order valence-corrected chi connectivity index (χ1v) is 21.1. The fourth-order valence-electron chi connectivity index (χ4n) is 7.55. The highest BCUT2D eigenvalue weighted by atomic mass is 19.1. The van der Waals surface area contributed by atoms with Crippen molar-refractivity contribution >= 4 is 34.9 Å². The number of methoxy groups -OCH3 is 1. The summed E-state index contributed by atoms with van der Waals surface area (Å²) in [6.45, 7) is 3.71. The van der Waals surface area contributed by atoms with Crippen LogP contribution in [-0.4, -0.2) is 75.8 Å². The zero-order valence-electron chi connectivity index (χ0n) is 35.9. The zero-order valence-corrected chi connectivity index (χ0v) is 35.9. The van der Waals surface area contributed by atoms with Crippen molar-refractivity contribution in [3.63, 3.8) is 0 Å². The Morgan fingerprint density at radius 1 is 0.769 bits per heavy atom. The Kier molecular flexibility index (Phi) is 15.4. The highest BCUT2D eigenvalue weighted by molar-refractivity contribution is 6.04. The van der Waals surface area contributed by atoms with Gasteiger partial charge in [-0.05, 0) is 99.5 Å². The van der Waals surface area contributed by atoms with Crippen LogP contribution < -0.4 is 14.2 Å². The summed E-state index contributed by atoms with van der Waals surface area (Å²) in [5, 5.41) is 8.90. The van der Waals surface area contributed by atoms with Gasteiger partial charge < -0.3 is 28.4 Å². The lowest BCUT2D eigenvalue weighted by Crippen LogP contribution is -2.26. The molecule has 0 N–H and O–H groups in total. The van der Waals surface area contributed by atoms with Crippen molar-refractivity contribution in [1.29, 1.82) is 0 Å². The molecule has 12 heteroatoms. The Balaban J connectivity index is 1.14. The fourth-order valence-corrected chi connectivity index (χ4v) is 7.55. The molecule has 65 heavy (non-hydrogen) atoms. The summed E-state index contributed by atoms with van der Waals surface area (Å²) in [4.78, 5) is 36.7. The van der Waals surface area contributed by atoms with Crippen LogP contribution in [0.1, 0.15) is 50.6 Å². The van der Waals surface area contributed by atoms with Gasteiger partial charge in [0.2, 0.25) is 5.83 Å². The van der Waals surface area contributed by atoms with Crippen molar-refractivity contribution in [3.05, 3.63) is 173 Å². The summed E-state index contributed by atoms with van der Waals surface area (Å²) < 4.78 is 45.2. The van der Waals surface area contributed by atoms with E-state index in [0.29, 0.717) is 35.6 Å². The molecule has 0 saturated carbocycles. The third-order valence-corrected chi connectivity index (χ3v) is 10.7. The second-order valence-electron chi connectivity index (χ2n) is 14.9. The van der Waals surface area contributed by atoms with E-state index in [4.69, 9.17) is 35.2 Å². The van der Waals surface area contributed by atoms with Crippen molar-refractivity contribution in [2.24, 2.45) is 5.10 Å². The maximum absolute atomic E-state index is 13.8. The number of fused-ring (bicyclic) bond motifs is 4. The van der Waals surface area contributed by atoms with Crippen LogP contribution in [0.4, 0.5) is 4.39 Å². The molecule has 1 aliphatic rings. The smallest absolute Gasteiger partial charge is 0.384 e. The number of hydrogen-bond donors (Lipinski definition) is 0. The van der Waals surface area contributed by atoms with Crippen LogP contribution in [0.25, 0.3) is 21.9 Å². The van der Waals surface area contributed by atoms with E-state index in [-0.39, 0.29) is 39.1 Å². The quantitative estimate of drug-likeness (QED) is 0.0101. The molecule has 6 aromatic carbocycles. The van der Waals surface area contributed by atoms with Crippen LogP contribution in [0.5, 0.6) is 17.2 Å². The average molecular weight is 875 g/mol. The molecular formula is C53H47FN2O9. The summed E-state index contributed by atoms with van der Waals surface area (Å²) in [5.41, 5.74) is 7.63. The number of hydrogen-bond acceptors (Lipinski definition) is 11. The molecule has 11 nitrogen and oxygen atoms in total. The zero-order chi connectivity index (χ0) is 45.5. The summed E-state index contributed by atoms with van der Waals surface area (Å²) >= 11 is 0. The molecule has 0 amide bonds. The SMILES string of the molecule is C#CC(=O)OCCCN(/N=C/c1c(OC(=O)c2ccc(OCCOCCOC(=O)C(=C)F)cc2)ccc2cc(CCc3ccc(OC)cc3)ccc12)C1c2ccccc2-c2ccccc21. The van der Waals surface area contributed by atoms with Gasteiger partial charge in [-0.1, -0.05) is 91.5 Å². The molecule has 0 spiro atoms. The number of halogens is 1. The molecule has 0 bridgehead atoms. The number of terminal acetylenes is 1. The van der Waals surface area contributed by atoms with Crippen LogP contribution in [0.15, 0.2) is 145 Å². The molecule has 0 radical (unpaired) electrons. The van der Waals surface area contributed by atoms with Gasteiger partial charge >= 0.3 is 17.9 Å². The molecule has 0 unspecified atom stereocenters. The molecule has 0 atom stereocenters. The fraction of sp³-hybridized carbons (Fsp3) is 0.208. The highest BCUT2D eigenvalue weighted by Gasteiger charge is 2.32. The third-order valence-electron chi connectivity index (χ3n) is 10.7. The number of nitrogens with zero attached hydrogens (tertiary/aromatic N) is 2. The largest absolute Gasteiger partial charge is 0.497 e. The third kappa shape index (κ3) is 11.6.